The molecule has 0 aliphatic rings. The van der Waals surface area contributed by atoms with Crippen LogP contribution >= 0.6 is 0 Å². The highest BCUT2D eigenvalue weighted by atomic mass is 16.5. The fourth-order valence-corrected chi connectivity index (χ4v) is 5.00. The van der Waals surface area contributed by atoms with Crippen molar-refractivity contribution >= 4 is 0 Å². The second-order valence-corrected chi connectivity index (χ2v) is 11.2. The Balaban J connectivity index is 2.25. The molecule has 1 nitrogen and oxygen atoms in total. The largest absolute Gasteiger partial charge is 0.457 e. The topological polar surface area (TPSA) is 9.23 Å². The van der Waals surface area contributed by atoms with Crippen LogP contribution in [-0.4, -0.2) is 0 Å². The first-order valence-electron chi connectivity index (χ1n) is 11.3. The molecule has 0 aliphatic heterocycles. The molecule has 0 N–H and O–H groups in total. The number of hydrogen-bond acceptors (Lipinski definition) is 1. The van der Waals surface area contributed by atoms with Gasteiger partial charge in [0, 0.05) is 0 Å². The zero-order chi connectivity index (χ0) is 21.7. The van der Waals surface area contributed by atoms with Gasteiger partial charge in [0.1, 0.15) is 11.5 Å². The van der Waals surface area contributed by atoms with Crippen molar-refractivity contribution in [2.24, 2.45) is 22.7 Å². The van der Waals surface area contributed by atoms with Crippen LogP contribution in [0.15, 0.2) is 48.5 Å². The monoisotopic (exact) mass is 394 g/mol. The summed E-state index contributed by atoms with van der Waals surface area (Å²) in [6.07, 6.45) is 4.48. The van der Waals surface area contributed by atoms with E-state index in [-0.39, 0.29) is 10.8 Å². The molecule has 1 heteroatoms. The molecule has 0 saturated carbocycles. The molecule has 0 radical (unpaired) electrons. The maximum absolute atomic E-state index is 6.54. The first-order chi connectivity index (χ1) is 13.5. The maximum Gasteiger partial charge on any atom is 0.130 e. The van der Waals surface area contributed by atoms with Gasteiger partial charge in [-0.1, -0.05) is 91.8 Å². The minimum Gasteiger partial charge on any atom is -0.457 e. The Kier molecular flexibility index (Phi) is 7.97. The van der Waals surface area contributed by atoms with E-state index in [1.54, 1.807) is 0 Å². The van der Waals surface area contributed by atoms with E-state index in [1.165, 1.54) is 24.0 Å². The Bertz CT molecular complexity index is 702. The predicted octanol–water partition coefficient (Wildman–Crippen LogP) is 8.71. The fourth-order valence-electron chi connectivity index (χ4n) is 5.00. The van der Waals surface area contributed by atoms with Gasteiger partial charge in [0.05, 0.1) is 0 Å². The molecule has 2 aromatic rings. The SMILES string of the molecule is CC(C)CC(C)(C)Cc1ccccc1Oc1ccccc1CC(C)(C)CC(C)C. The summed E-state index contributed by atoms with van der Waals surface area (Å²) >= 11 is 0. The molecule has 0 aliphatic carbocycles. The summed E-state index contributed by atoms with van der Waals surface area (Å²) < 4.78 is 6.54. The summed E-state index contributed by atoms with van der Waals surface area (Å²) in [5, 5.41) is 0. The van der Waals surface area contributed by atoms with Gasteiger partial charge in [0.25, 0.3) is 0 Å². The van der Waals surface area contributed by atoms with E-state index >= 15 is 0 Å². The minimum atomic E-state index is 0.256. The van der Waals surface area contributed by atoms with Crippen LogP contribution in [0.4, 0.5) is 0 Å². The van der Waals surface area contributed by atoms with Gasteiger partial charge in [-0.2, -0.15) is 0 Å². The van der Waals surface area contributed by atoms with Crippen molar-refractivity contribution in [1.29, 1.82) is 0 Å². The summed E-state index contributed by atoms with van der Waals surface area (Å²) in [6.45, 7) is 18.7. The molecule has 0 aromatic heterocycles. The Morgan fingerprint density at radius 2 is 0.966 bits per heavy atom. The first kappa shape index (κ1) is 23.5. The molecule has 0 bridgehead atoms. The van der Waals surface area contributed by atoms with Crippen LogP contribution in [0, 0.1) is 22.7 Å². The van der Waals surface area contributed by atoms with Gasteiger partial charge in [-0.25, -0.2) is 0 Å². The van der Waals surface area contributed by atoms with Gasteiger partial charge in [-0.15, -0.1) is 0 Å². The maximum atomic E-state index is 6.54. The van der Waals surface area contributed by atoms with Crippen molar-refractivity contribution in [3.63, 3.8) is 0 Å². The molecule has 0 heterocycles. The highest BCUT2D eigenvalue weighted by molar-refractivity contribution is 5.42. The summed E-state index contributed by atoms with van der Waals surface area (Å²) in [4.78, 5) is 0. The lowest BCUT2D eigenvalue weighted by Gasteiger charge is -2.29. The molecule has 0 saturated heterocycles. The normalized spacial score (nSPS) is 12.6. The van der Waals surface area contributed by atoms with Crippen molar-refractivity contribution in [2.75, 3.05) is 0 Å². The smallest absolute Gasteiger partial charge is 0.130 e. The number of benzene rings is 2. The van der Waals surface area contributed by atoms with Gasteiger partial charge in [0.15, 0.2) is 0 Å². The lowest BCUT2D eigenvalue weighted by Crippen LogP contribution is -2.18. The van der Waals surface area contributed by atoms with Crippen molar-refractivity contribution in [1.82, 2.24) is 0 Å². The molecule has 2 aromatic carbocycles. The Labute approximate surface area is 179 Å². The minimum absolute atomic E-state index is 0.256. The molecule has 29 heavy (non-hydrogen) atoms. The van der Waals surface area contributed by atoms with Gasteiger partial charge < -0.3 is 4.74 Å². The van der Waals surface area contributed by atoms with Gasteiger partial charge >= 0.3 is 0 Å². The average molecular weight is 395 g/mol. The summed E-state index contributed by atoms with van der Waals surface area (Å²) in [5.41, 5.74) is 3.11. The van der Waals surface area contributed by atoms with Crippen molar-refractivity contribution in [3.05, 3.63) is 59.7 Å². The molecular weight excluding hydrogens is 352 g/mol. The van der Waals surface area contributed by atoms with E-state index in [4.69, 9.17) is 4.74 Å². The van der Waals surface area contributed by atoms with E-state index in [0.29, 0.717) is 11.8 Å². The second kappa shape index (κ2) is 9.83. The summed E-state index contributed by atoms with van der Waals surface area (Å²) in [6, 6.07) is 17.1. The van der Waals surface area contributed by atoms with E-state index in [0.717, 1.165) is 24.3 Å². The molecule has 0 atom stereocenters. The highest BCUT2D eigenvalue weighted by Crippen LogP contribution is 2.37. The Morgan fingerprint density at radius 3 is 1.31 bits per heavy atom. The van der Waals surface area contributed by atoms with Crippen LogP contribution < -0.4 is 4.74 Å². The van der Waals surface area contributed by atoms with Gasteiger partial charge in [0.2, 0.25) is 0 Å². The van der Waals surface area contributed by atoms with Crippen molar-refractivity contribution in [2.45, 2.75) is 81.1 Å². The van der Waals surface area contributed by atoms with Crippen LogP contribution in [0.2, 0.25) is 0 Å². The van der Waals surface area contributed by atoms with Crippen LogP contribution in [0.3, 0.4) is 0 Å². The summed E-state index contributed by atoms with van der Waals surface area (Å²) in [5.74, 6) is 3.39. The van der Waals surface area contributed by atoms with Gasteiger partial charge in [-0.05, 0) is 71.6 Å². The van der Waals surface area contributed by atoms with Crippen LogP contribution in [0.5, 0.6) is 11.5 Å². The molecule has 0 unspecified atom stereocenters. The molecule has 160 valence electrons. The number of ether oxygens (including phenoxy) is 1. The first-order valence-corrected chi connectivity index (χ1v) is 11.3. The number of hydrogen-bond donors (Lipinski definition) is 0. The molecular formula is C28H42O. The van der Waals surface area contributed by atoms with Crippen molar-refractivity contribution in [3.8, 4) is 11.5 Å². The third-order valence-corrected chi connectivity index (χ3v) is 5.42. The zero-order valence-electron chi connectivity index (χ0n) is 20.0. The molecule has 2 rings (SSSR count). The van der Waals surface area contributed by atoms with Crippen LogP contribution in [-0.2, 0) is 12.8 Å². The second-order valence-electron chi connectivity index (χ2n) is 11.2. The summed E-state index contributed by atoms with van der Waals surface area (Å²) in [7, 11) is 0. The van der Waals surface area contributed by atoms with E-state index in [1.807, 2.05) is 0 Å². The van der Waals surface area contributed by atoms with E-state index < -0.39 is 0 Å². The third-order valence-electron chi connectivity index (χ3n) is 5.42. The zero-order valence-corrected chi connectivity index (χ0v) is 20.0. The average Bonchev–Trinajstić information content (AvgIpc) is 2.55. The van der Waals surface area contributed by atoms with Crippen LogP contribution in [0.1, 0.15) is 79.4 Å². The van der Waals surface area contributed by atoms with Crippen LogP contribution in [0.25, 0.3) is 0 Å². The lowest BCUT2D eigenvalue weighted by atomic mass is 9.78. The standard InChI is InChI=1S/C28H42O/c1-21(2)17-27(5,6)19-23-13-9-11-15-25(23)29-26-16-12-10-14-24(26)20-28(7,8)18-22(3)4/h9-16,21-22H,17-20H2,1-8H3. The molecule has 0 amide bonds. The predicted molar refractivity (Wildman–Crippen MR) is 127 cm³/mol. The van der Waals surface area contributed by atoms with Gasteiger partial charge in [-0.3, -0.25) is 0 Å². The van der Waals surface area contributed by atoms with E-state index in [9.17, 15) is 0 Å². The third kappa shape index (κ3) is 7.88. The van der Waals surface area contributed by atoms with E-state index in [2.05, 4.69) is 104 Å². The highest BCUT2D eigenvalue weighted by Gasteiger charge is 2.24. The molecule has 0 fully saturated rings. The number of rotatable bonds is 10. The lowest BCUT2D eigenvalue weighted by molar-refractivity contribution is 0.279. The quantitative estimate of drug-likeness (QED) is 0.391. The Morgan fingerprint density at radius 1 is 0.621 bits per heavy atom. The fraction of sp³-hybridized carbons (Fsp3) is 0.571. The Hall–Kier alpha value is -1.76. The van der Waals surface area contributed by atoms with Crippen molar-refractivity contribution < 1.29 is 4.74 Å². The molecule has 0 spiro atoms. The number of para-hydroxylation sites is 2.